The molecule has 0 aromatic rings. The Morgan fingerprint density at radius 2 is 2.06 bits per heavy atom. The van der Waals surface area contributed by atoms with E-state index in [0.29, 0.717) is 0 Å². The lowest BCUT2D eigenvalue weighted by Gasteiger charge is -2.35. The van der Waals surface area contributed by atoms with Crippen molar-refractivity contribution in [2.75, 3.05) is 45.9 Å². The molecule has 3 rings (SSSR count). The van der Waals surface area contributed by atoms with Crippen LogP contribution in [0.5, 0.6) is 0 Å². The molecule has 3 aliphatic rings. The molecule has 16 heavy (non-hydrogen) atoms. The number of nitrogens with zero attached hydrogens (tertiary/aromatic N) is 1. The summed E-state index contributed by atoms with van der Waals surface area (Å²) in [6.07, 6.45) is 2.69. The molecule has 94 valence electrons. The summed E-state index contributed by atoms with van der Waals surface area (Å²) in [4.78, 5) is 2.67. The second-order valence-corrected chi connectivity index (χ2v) is 5.46. The molecule has 0 aromatic heterocycles. The average Bonchev–Trinajstić information content (AvgIpc) is 2.87. The minimum absolute atomic E-state index is 0. The van der Waals surface area contributed by atoms with Crippen molar-refractivity contribution in [3.8, 4) is 0 Å². The molecular formula is C12H23ClN2O. The van der Waals surface area contributed by atoms with E-state index in [1.165, 1.54) is 45.6 Å². The summed E-state index contributed by atoms with van der Waals surface area (Å²) in [6, 6.07) is 0. The van der Waals surface area contributed by atoms with E-state index in [4.69, 9.17) is 4.74 Å². The minimum atomic E-state index is 0. The zero-order valence-corrected chi connectivity index (χ0v) is 10.7. The Labute approximate surface area is 104 Å². The quantitative estimate of drug-likeness (QED) is 0.787. The van der Waals surface area contributed by atoms with E-state index in [9.17, 15) is 0 Å². The average molecular weight is 247 g/mol. The van der Waals surface area contributed by atoms with E-state index in [-0.39, 0.29) is 12.4 Å². The number of hydrogen-bond donors (Lipinski definition) is 1. The van der Waals surface area contributed by atoms with Crippen molar-refractivity contribution in [1.82, 2.24) is 10.2 Å². The Kier molecular flexibility index (Phi) is 4.48. The first-order valence-electron chi connectivity index (χ1n) is 6.42. The van der Waals surface area contributed by atoms with Gasteiger partial charge in [0.2, 0.25) is 0 Å². The van der Waals surface area contributed by atoms with Crippen LogP contribution < -0.4 is 5.32 Å². The highest BCUT2D eigenvalue weighted by atomic mass is 35.5. The van der Waals surface area contributed by atoms with Crippen LogP contribution >= 0.6 is 12.4 Å². The van der Waals surface area contributed by atoms with Gasteiger partial charge in [-0.25, -0.2) is 0 Å². The summed E-state index contributed by atoms with van der Waals surface area (Å²) in [5, 5.41) is 3.53. The maximum Gasteiger partial charge on any atom is 0.0507 e. The van der Waals surface area contributed by atoms with Gasteiger partial charge in [0, 0.05) is 19.7 Å². The van der Waals surface area contributed by atoms with Gasteiger partial charge in [-0.1, -0.05) is 0 Å². The lowest BCUT2D eigenvalue weighted by molar-refractivity contribution is 0.119. The van der Waals surface area contributed by atoms with Crippen molar-refractivity contribution in [2.45, 2.75) is 12.8 Å². The molecule has 3 fully saturated rings. The number of ether oxygens (including phenoxy) is 1. The van der Waals surface area contributed by atoms with Crippen LogP contribution in [0.2, 0.25) is 0 Å². The predicted octanol–water partition coefficient (Wildman–Crippen LogP) is 0.986. The summed E-state index contributed by atoms with van der Waals surface area (Å²) >= 11 is 0. The first-order valence-corrected chi connectivity index (χ1v) is 6.42. The summed E-state index contributed by atoms with van der Waals surface area (Å²) in [7, 11) is 0. The molecule has 0 radical (unpaired) electrons. The number of halogens is 1. The molecule has 3 aliphatic heterocycles. The summed E-state index contributed by atoms with van der Waals surface area (Å²) in [6.45, 7) is 8.44. The second-order valence-electron chi connectivity index (χ2n) is 5.46. The van der Waals surface area contributed by atoms with Gasteiger partial charge in [0.15, 0.2) is 0 Å². The fourth-order valence-corrected chi connectivity index (χ4v) is 3.37. The van der Waals surface area contributed by atoms with E-state index >= 15 is 0 Å². The summed E-state index contributed by atoms with van der Waals surface area (Å²) in [5.41, 5.74) is 0. The monoisotopic (exact) mass is 246 g/mol. The molecule has 0 amide bonds. The molecule has 3 heterocycles. The molecule has 3 nitrogen and oxygen atoms in total. The highest BCUT2D eigenvalue weighted by Gasteiger charge is 2.33. The van der Waals surface area contributed by atoms with Crippen LogP contribution in [0.1, 0.15) is 12.8 Å². The Hall–Kier alpha value is 0.170. The van der Waals surface area contributed by atoms with Gasteiger partial charge in [-0.2, -0.15) is 0 Å². The zero-order chi connectivity index (χ0) is 10.1. The molecular weight excluding hydrogens is 224 g/mol. The van der Waals surface area contributed by atoms with Crippen molar-refractivity contribution in [3.05, 3.63) is 0 Å². The molecule has 0 saturated carbocycles. The van der Waals surface area contributed by atoms with Gasteiger partial charge in [0.1, 0.15) is 0 Å². The van der Waals surface area contributed by atoms with Crippen LogP contribution in [-0.4, -0.2) is 50.8 Å². The third kappa shape index (κ3) is 2.70. The van der Waals surface area contributed by atoms with E-state index in [1.807, 2.05) is 0 Å². The van der Waals surface area contributed by atoms with Crippen molar-refractivity contribution in [3.63, 3.8) is 0 Å². The second kappa shape index (κ2) is 5.67. The molecule has 4 heteroatoms. The van der Waals surface area contributed by atoms with E-state index in [0.717, 1.165) is 31.0 Å². The maximum absolute atomic E-state index is 5.45. The Bertz CT molecular complexity index is 219. The number of hydrogen-bond acceptors (Lipinski definition) is 3. The topological polar surface area (TPSA) is 24.5 Å². The highest BCUT2D eigenvalue weighted by molar-refractivity contribution is 5.85. The minimum Gasteiger partial charge on any atom is -0.381 e. The number of nitrogens with one attached hydrogen (secondary N) is 1. The zero-order valence-electron chi connectivity index (χ0n) is 9.86. The van der Waals surface area contributed by atoms with Gasteiger partial charge in [0.25, 0.3) is 0 Å². The Balaban J connectivity index is 0.000000963. The van der Waals surface area contributed by atoms with Crippen LogP contribution in [0.15, 0.2) is 0 Å². The molecule has 1 N–H and O–H groups in total. The lowest BCUT2D eigenvalue weighted by atomic mass is 9.88. The van der Waals surface area contributed by atoms with Gasteiger partial charge in [-0.05, 0) is 50.2 Å². The highest BCUT2D eigenvalue weighted by Crippen LogP contribution is 2.27. The molecule has 3 saturated heterocycles. The normalized spacial score (nSPS) is 39.4. The standard InChI is InChI=1S/C12H22N2O.ClH/c1-3-14(7-10-2-4-15-9-10)8-12-6-13-5-11(1)12;/h10-13H,1-9H2;1H. The molecule has 0 aliphatic carbocycles. The van der Waals surface area contributed by atoms with Gasteiger partial charge in [-0.15, -0.1) is 12.4 Å². The maximum atomic E-state index is 5.45. The van der Waals surface area contributed by atoms with Gasteiger partial charge < -0.3 is 15.0 Å². The van der Waals surface area contributed by atoms with Crippen LogP contribution in [0.3, 0.4) is 0 Å². The van der Waals surface area contributed by atoms with Crippen LogP contribution in [0, 0.1) is 17.8 Å². The fourth-order valence-electron chi connectivity index (χ4n) is 3.37. The first-order chi connectivity index (χ1) is 7.42. The van der Waals surface area contributed by atoms with Crippen LogP contribution in [0.4, 0.5) is 0 Å². The predicted molar refractivity (Wildman–Crippen MR) is 67.1 cm³/mol. The van der Waals surface area contributed by atoms with E-state index in [1.54, 1.807) is 0 Å². The third-order valence-electron chi connectivity index (χ3n) is 4.33. The molecule has 0 aromatic carbocycles. The van der Waals surface area contributed by atoms with E-state index in [2.05, 4.69) is 10.2 Å². The van der Waals surface area contributed by atoms with Crippen LogP contribution in [-0.2, 0) is 4.74 Å². The SMILES string of the molecule is C1CC(CN2CCC3CNCC3C2)CO1.Cl. The van der Waals surface area contributed by atoms with Crippen LogP contribution in [0.25, 0.3) is 0 Å². The fraction of sp³-hybridized carbons (Fsp3) is 1.00. The van der Waals surface area contributed by atoms with Crippen molar-refractivity contribution in [1.29, 1.82) is 0 Å². The smallest absolute Gasteiger partial charge is 0.0507 e. The van der Waals surface area contributed by atoms with Crippen molar-refractivity contribution in [2.24, 2.45) is 17.8 Å². The Morgan fingerprint density at radius 3 is 2.88 bits per heavy atom. The molecule has 0 bridgehead atoms. The Morgan fingerprint density at radius 1 is 1.19 bits per heavy atom. The first kappa shape index (κ1) is 12.6. The molecule has 3 atom stereocenters. The van der Waals surface area contributed by atoms with Crippen molar-refractivity contribution >= 4 is 12.4 Å². The van der Waals surface area contributed by atoms with Crippen molar-refractivity contribution < 1.29 is 4.74 Å². The van der Waals surface area contributed by atoms with Gasteiger partial charge in [0.05, 0.1) is 6.61 Å². The largest absolute Gasteiger partial charge is 0.381 e. The number of piperidine rings is 1. The van der Waals surface area contributed by atoms with E-state index < -0.39 is 0 Å². The summed E-state index contributed by atoms with van der Waals surface area (Å²) in [5.74, 6) is 2.72. The molecule has 3 unspecified atom stereocenters. The number of fused-ring (bicyclic) bond motifs is 1. The number of likely N-dealkylation sites (tertiary alicyclic amines) is 1. The number of rotatable bonds is 2. The lowest BCUT2D eigenvalue weighted by Crippen LogP contribution is -2.42. The molecule has 0 spiro atoms. The van der Waals surface area contributed by atoms with Gasteiger partial charge >= 0.3 is 0 Å². The summed E-state index contributed by atoms with van der Waals surface area (Å²) < 4.78 is 5.45. The third-order valence-corrected chi connectivity index (χ3v) is 4.33. The van der Waals surface area contributed by atoms with Gasteiger partial charge in [-0.3, -0.25) is 0 Å².